The Morgan fingerprint density at radius 2 is 1.91 bits per heavy atom. The standard InChI is InChI=1S/C19H20ClFN2/c1-11(2)12-6-5-7-13-15(10-23-17(12)13)19(3,4)14-8-9-22-18(21)16(14)20/h5-11,23H,1-4H3. The molecular weight excluding hydrogens is 311 g/mol. The summed E-state index contributed by atoms with van der Waals surface area (Å²) in [4.78, 5) is 7.02. The van der Waals surface area contributed by atoms with Gasteiger partial charge in [-0.15, -0.1) is 0 Å². The molecule has 0 aliphatic heterocycles. The molecule has 3 rings (SSSR count). The van der Waals surface area contributed by atoms with Crippen LogP contribution < -0.4 is 0 Å². The maximum atomic E-state index is 13.8. The molecular formula is C19H20ClFN2. The van der Waals surface area contributed by atoms with Crippen LogP contribution in [-0.2, 0) is 5.41 Å². The van der Waals surface area contributed by atoms with Gasteiger partial charge in [-0.25, -0.2) is 4.98 Å². The highest BCUT2D eigenvalue weighted by Gasteiger charge is 2.30. The second-order valence-corrected chi connectivity index (χ2v) is 7.09. The van der Waals surface area contributed by atoms with Crippen LogP contribution in [0, 0.1) is 5.95 Å². The zero-order chi connectivity index (χ0) is 16.8. The van der Waals surface area contributed by atoms with Gasteiger partial charge >= 0.3 is 0 Å². The zero-order valence-corrected chi connectivity index (χ0v) is 14.5. The average molecular weight is 331 g/mol. The molecule has 4 heteroatoms. The molecule has 0 bridgehead atoms. The summed E-state index contributed by atoms with van der Waals surface area (Å²) in [6.45, 7) is 8.46. The van der Waals surface area contributed by atoms with Gasteiger partial charge in [0, 0.05) is 28.7 Å². The highest BCUT2D eigenvalue weighted by Crippen LogP contribution is 2.40. The maximum Gasteiger partial charge on any atom is 0.231 e. The first-order valence-corrected chi connectivity index (χ1v) is 8.12. The molecule has 0 aliphatic carbocycles. The summed E-state index contributed by atoms with van der Waals surface area (Å²) in [7, 11) is 0. The van der Waals surface area contributed by atoms with Gasteiger partial charge in [0.05, 0.1) is 5.02 Å². The van der Waals surface area contributed by atoms with Crippen molar-refractivity contribution in [1.29, 1.82) is 0 Å². The topological polar surface area (TPSA) is 28.7 Å². The first kappa shape index (κ1) is 16.0. The molecule has 120 valence electrons. The number of para-hydroxylation sites is 1. The number of hydrogen-bond donors (Lipinski definition) is 1. The largest absolute Gasteiger partial charge is 0.361 e. The van der Waals surface area contributed by atoms with Gasteiger partial charge in [0.15, 0.2) is 0 Å². The van der Waals surface area contributed by atoms with Crippen molar-refractivity contribution >= 4 is 22.5 Å². The normalized spacial score (nSPS) is 12.3. The van der Waals surface area contributed by atoms with Gasteiger partial charge in [0.25, 0.3) is 0 Å². The van der Waals surface area contributed by atoms with Gasteiger partial charge < -0.3 is 4.98 Å². The summed E-state index contributed by atoms with van der Waals surface area (Å²) < 4.78 is 13.8. The predicted octanol–water partition coefficient (Wildman–Crippen LogP) is 5.80. The number of aromatic nitrogens is 2. The molecule has 2 heterocycles. The Kier molecular flexibility index (Phi) is 3.93. The lowest BCUT2D eigenvalue weighted by Crippen LogP contribution is -2.19. The SMILES string of the molecule is CC(C)c1cccc2c(C(C)(C)c3ccnc(F)c3Cl)c[nH]c12. The molecule has 0 aliphatic rings. The molecule has 0 unspecified atom stereocenters. The van der Waals surface area contributed by atoms with Crippen molar-refractivity contribution in [3.8, 4) is 0 Å². The Hall–Kier alpha value is -1.87. The molecule has 1 N–H and O–H groups in total. The smallest absolute Gasteiger partial charge is 0.231 e. The van der Waals surface area contributed by atoms with Crippen LogP contribution in [0.25, 0.3) is 10.9 Å². The first-order chi connectivity index (χ1) is 10.8. The minimum absolute atomic E-state index is 0.0897. The lowest BCUT2D eigenvalue weighted by molar-refractivity contribution is 0.568. The number of nitrogens with one attached hydrogen (secondary N) is 1. The Balaban J connectivity index is 2.23. The fourth-order valence-electron chi connectivity index (χ4n) is 3.22. The van der Waals surface area contributed by atoms with Gasteiger partial charge in [-0.1, -0.05) is 57.5 Å². The van der Waals surface area contributed by atoms with Crippen molar-refractivity contribution in [2.45, 2.75) is 39.0 Å². The summed E-state index contributed by atoms with van der Waals surface area (Å²) in [5.74, 6) is -0.199. The number of hydrogen-bond acceptors (Lipinski definition) is 1. The summed E-state index contributed by atoms with van der Waals surface area (Å²) in [5, 5.41) is 1.24. The molecule has 2 aromatic heterocycles. The van der Waals surface area contributed by atoms with E-state index in [2.05, 4.69) is 55.9 Å². The van der Waals surface area contributed by atoms with Crippen LogP contribution in [0.15, 0.2) is 36.7 Å². The minimum atomic E-state index is -0.625. The lowest BCUT2D eigenvalue weighted by Gasteiger charge is -2.26. The van der Waals surface area contributed by atoms with Gasteiger partial charge in [-0.05, 0) is 28.7 Å². The van der Waals surface area contributed by atoms with Crippen LogP contribution >= 0.6 is 11.6 Å². The van der Waals surface area contributed by atoms with Gasteiger partial charge in [-0.3, -0.25) is 0 Å². The molecule has 0 amide bonds. The van der Waals surface area contributed by atoms with Gasteiger partial charge in [0.1, 0.15) is 0 Å². The monoisotopic (exact) mass is 330 g/mol. The Bertz CT molecular complexity index is 865. The van der Waals surface area contributed by atoms with Crippen LogP contribution in [0.2, 0.25) is 5.02 Å². The van der Waals surface area contributed by atoms with E-state index in [1.54, 1.807) is 6.07 Å². The summed E-state index contributed by atoms with van der Waals surface area (Å²) in [5.41, 5.74) is 3.81. The van der Waals surface area contributed by atoms with E-state index in [1.165, 1.54) is 11.8 Å². The van der Waals surface area contributed by atoms with Crippen molar-refractivity contribution in [3.05, 3.63) is 64.3 Å². The van der Waals surface area contributed by atoms with E-state index >= 15 is 0 Å². The lowest BCUT2D eigenvalue weighted by atomic mass is 9.78. The first-order valence-electron chi connectivity index (χ1n) is 7.75. The molecule has 0 radical (unpaired) electrons. The number of aromatic amines is 1. The number of pyridine rings is 1. The fourth-order valence-corrected chi connectivity index (χ4v) is 3.57. The molecule has 1 aromatic carbocycles. The van der Waals surface area contributed by atoms with Crippen molar-refractivity contribution in [2.75, 3.05) is 0 Å². The predicted molar refractivity (Wildman–Crippen MR) is 93.7 cm³/mol. The van der Waals surface area contributed by atoms with Crippen LogP contribution in [0.1, 0.15) is 50.3 Å². The molecule has 0 spiro atoms. The van der Waals surface area contributed by atoms with Crippen molar-refractivity contribution in [3.63, 3.8) is 0 Å². The number of nitrogens with zero attached hydrogens (tertiary/aromatic N) is 1. The summed E-state index contributed by atoms with van der Waals surface area (Å²) in [6.07, 6.45) is 3.47. The highest BCUT2D eigenvalue weighted by molar-refractivity contribution is 6.31. The third-order valence-corrected chi connectivity index (χ3v) is 4.92. The highest BCUT2D eigenvalue weighted by atomic mass is 35.5. The van der Waals surface area contributed by atoms with E-state index in [9.17, 15) is 4.39 Å². The van der Waals surface area contributed by atoms with Crippen molar-refractivity contribution in [1.82, 2.24) is 9.97 Å². The van der Waals surface area contributed by atoms with E-state index < -0.39 is 11.4 Å². The molecule has 23 heavy (non-hydrogen) atoms. The van der Waals surface area contributed by atoms with Crippen molar-refractivity contribution in [2.24, 2.45) is 0 Å². The van der Waals surface area contributed by atoms with E-state index in [0.717, 1.165) is 22.0 Å². The van der Waals surface area contributed by atoms with E-state index in [1.807, 2.05) is 6.20 Å². The fraction of sp³-hybridized carbons (Fsp3) is 0.316. The Morgan fingerprint density at radius 3 is 2.61 bits per heavy atom. The number of halogens is 2. The number of H-pyrrole nitrogens is 1. The minimum Gasteiger partial charge on any atom is -0.361 e. The average Bonchev–Trinajstić information content (AvgIpc) is 2.94. The molecule has 0 saturated carbocycles. The van der Waals surface area contributed by atoms with E-state index in [0.29, 0.717) is 5.92 Å². The molecule has 0 fully saturated rings. The van der Waals surface area contributed by atoms with Gasteiger partial charge in [-0.2, -0.15) is 4.39 Å². The number of benzene rings is 1. The van der Waals surface area contributed by atoms with Crippen molar-refractivity contribution < 1.29 is 4.39 Å². The second-order valence-electron chi connectivity index (χ2n) is 6.72. The summed E-state index contributed by atoms with van der Waals surface area (Å²) >= 11 is 6.18. The van der Waals surface area contributed by atoms with Crippen LogP contribution in [0.3, 0.4) is 0 Å². The van der Waals surface area contributed by atoms with E-state index in [4.69, 9.17) is 11.6 Å². The number of rotatable bonds is 3. The van der Waals surface area contributed by atoms with Crippen LogP contribution in [-0.4, -0.2) is 9.97 Å². The molecule has 0 atom stereocenters. The maximum absolute atomic E-state index is 13.8. The second kappa shape index (κ2) is 5.64. The van der Waals surface area contributed by atoms with Crippen LogP contribution in [0.4, 0.5) is 4.39 Å². The molecule has 0 saturated heterocycles. The quantitative estimate of drug-likeness (QED) is 0.603. The molecule has 3 aromatic rings. The number of fused-ring (bicyclic) bond motifs is 1. The Morgan fingerprint density at radius 1 is 1.17 bits per heavy atom. The summed E-state index contributed by atoms with van der Waals surface area (Å²) in [6, 6.07) is 8.09. The third-order valence-electron chi connectivity index (χ3n) is 4.56. The van der Waals surface area contributed by atoms with Crippen LogP contribution in [0.5, 0.6) is 0 Å². The zero-order valence-electron chi connectivity index (χ0n) is 13.7. The van der Waals surface area contributed by atoms with E-state index in [-0.39, 0.29) is 5.02 Å². The molecule has 2 nitrogen and oxygen atoms in total. The van der Waals surface area contributed by atoms with Gasteiger partial charge in [0.2, 0.25) is 5.95 Å². The third kappa shape index (κ3) is 2.53. The Labute approximate surface area is 140 Å².